The van der Waals surface area contributed by atoms with Crippen LogP contribution >= 0.6 is 0 Å². The summed E-state index contributed by atoms with van der Waals surface area (Å²) in [6, 6.07) is 3.72. The first-order valence-electron chi connectivity index (χ1n) is 5.87. The number of nitrogens with zero attached hydrogens (tertiary/aromatic N) is 3. The number of pyridine rings is 1. The molecule has 1 aromatic heterocycles. The fraction of sp³-hybridized carbons (Fsp3) is 0.583. The van der Waals surface area contributed by atoms with Crippen LogP contribution in [-0.2, 0) is 0 Å². The zero-order chi connectivity index (χ0) is 12.4. The molecule has 2 unspecified atom stereocenters. The summed E-state index contributed by atoms with van der Waals surface area (Å²) in [6.07, 6.45) is 1.05. The Morgan fingerprint density at radius 3 is 2.94 bits per heavy atom. The molecule has 0 radical (unpaired) electrons. The van der Waals surface area contributed by atoms with Crippen LogP contribution in [0.2, 0.25) is 0 Å². The summed E-state index contributed by atoms with van der Waals surface area (Å²) in [5.41, 5.74) is 6.53. The summed E-state index contributed by atoms with van der Waals surface area (Å²) in [7, 11) is 4.10. The summed E-state index contributed by atoms with van der Waals surface area (Å²) in [5, 5.41) is 10.4. The fourth-order valence-electron chi connectivity index (χ4n) is 2.27. The van der Waals surface area contributed by atoms with Crippen LogP contribution in [0.4, 0.5) is 5.82 Å². The van der Waals surface area contributed by atoms with Crippen molar-refractivity contribution in [1.29, 1.82) is 0 Å². The third-order valence-electron chi connectivity index (χ3n) is 3.45. The van der Waals surface area contributed by atoms with E-state index in [0.29, 0.717) is 5.82 Å². The van der Waals surface area contributed by atoms with E-state index in [1.54, 1.807) is 12.3 Å². The van der Waals surface area contributed by atoms with Crippen molar-refractivity contribution < 1.29 is 5.11 Å². The van der Waals surface area contributed by atoms with E-state index in [2.05, 4.69) is 21.8 Å². The second kappa shape index (κ2) is 5.00. The molecule has 0 amide bonds. The Balaban J connectivity index is 2.18. The topological polar surface area (TPSA) is 65.6 Å². The number of aliphatic hydroxyl groups is 1. The lowest BCUT2D eigenvalue weighted by Gasteiger charge is -2.40. The number of likely N-dealkylation sites (N-methyl/N-ethyl adjacent to an activating group) is 2. The smallest absolute Gasteiger partial charge is 0.129 e. The van der Waals surface area contributed by atoms with Gasteiger partial charge in [0.1, 0.15) is 5.82 Å². The van der Waals surface area contributed by atoms with E-state index in [9.17, 15) is 5.11 Å². The minimum atomic E-state index is -0.587. The van der Waals surface area contributed by atoms with Gasteiger partial charge >= 0.3 is 0 Å². The number of nitrogen functional groups attached to an aromatic ring is 1. The maximum atomic E-state index is 10.4. The fourth-order valence-corrected chi connectivity index (χ4v) is 2.27. The first-order chi connectivity index (χ1) is 8.09. The van der Waals surface area contributed by atoms with Crippen LogP contribution in [-0.4, -0.2) is 59.7 Å². The molecule has 5 heteroatoms. The van der Waals surface area contributed by atoms with Gasteiger partial charge in [-0.1, -0.05) is 6.07 Å². The van der Waals surface area contributed by atoms with Crippen LogP contribution in [0.5, 0.6) is 0 Å². The van der Waals surface area contributed by atoms with E-state index in [-0.39, 0.29) is 6.04 Å². The van der Waals surface area contributed by atoms with Gasteiger partial charge in [0.2, 0.25) is 0 Å². The molecule has 1 aliphatic heterocycles. The number of anilines is 1. The highest BCUT2D eigenvalue weighted by Crippen LogP contribution is 2.25. The van der Waals surface area contributed by atoms with E-state index < -0.39 is 6.10 Å². The molecule has 17 heavy (non-hydrogen) atoms. The van der Waals surface area contributed by atoms with Crippen molar-refractivity contribution in [3.8, 4) is 0 Å². The van der Waals surface area contributed by atoms with Gasteiger partial charge in [0.05, 0.1) is 12.1 Å². The van der Waals surface area contributed by atoms with E-state index in [4.69, 9.17) is 5.73 Å². The molecule has 1 aliphatic rings. The van der Waals surface area contributed by atoms with Gasteiger partial charge in [-0.2, -0.15) is 0 Å². The Morgan fingerprint density at radius 2 is 2.24 bits per heavy atom. The summed E-state index contributed by atoms with van der Waals surface area (Å²) in [5.74, 6) is 0.418. The molecule has 1 saturated heterocycles. The molecular weight excluding hydrogens is 216 g/mol. The van der Waals surface area contributed by atoms with Gasteiger partial charge in [0, 0.05) is 31.4 Å². The Bertz CT molecular complexity index is 385. The lowest BCUT2D eigenvalue weighted by Crippen LogP contribution is -2.52. The average Bonchev–Trinajstić information content (AvgIpc) is 2.32. The largest absolute Gasteiger partial charge is 0.387 e. The number of aliphatic hydroxyl groups excluding tert-OH is 1. The van der Waals surface area contributed by atoms with Gasteiger partial charge in [-0.15, -0.1) is 0 Å². The van der Waals surface area contributed by atoms with Gasteiger partial charge < -0.3 is 15.7 Å². The van der Waals surface area contributed by atoms with Crippen molar-refractivity contribution in [2.45, 2.75) is 12.1 Å². The molecule has 0 aromatic carbocycles. The molecule has 94 valence electrons. The monoisotopic (exact) mass is 236 g/mol. The molecule has 0 bridgehead atoms. The zero-order valence-corrected chi connectivity index (χ0v) is 10.4. The van der Waals surface area contributed by atoms with Gasteiger partial charge in [-0.25, -0.2) is 4.98 Å². The summed E-state index contributed by atoms with van der Waals surface area (Å²) < 4.78 is 0. The molecule has 2 heterocycles. The second-order valence-corrected chi connectivity index (χ2v) is 4.73. The van der Waals surface area contributed by atoms with E-state index in [0.717, 1.165) is 25.2 Å². The Labute approximate surface area is 102 Å². The maximum Gasteiger partial charge on any atom is 0.129 e. The average molecular weight is 236 g/mol. The lowest BCUT2D eigenvalue weighted by molar-refractivity contribution is 0.0140. The Morgan fingerprint density at radius 1 is 1.47 bits per heavy atom. The Kier molecular flexibility index (Phi) is 3.61. The van der Waals surface area contributed by atoms with E-state index >= 15 is 0 Å². The van der Waals surface area contributed by atoms with E-state index in [1.165, 1.54) is 0 Å². The van der Waals surface area contributed by atoms with Crippen LogP contribution < -0.4 is 5.73 Å². The first kappa shape index (κ1) is 12.3. The molecule has 5 nitrogen and oxygen atoms in total. The lowest BCUT2D eigenvalue weighted by atomic mass is 10.00. The van der Waals surface area contributed by atoms with Crippen molar-refractivity contribution >= 4 is 5.82 Å². The van der Waals surface area contributed by atoms with Crippen molar-refractivity contribution in [1.82, 2.24) is 14.8 Å². The number of hydrogen-bond acceptors (Lipinski definition) is 5. The number of rotatable bonds is 2. The highest BCUT2D eigenvalue weighted by atomic mass is 16.3. The molecule has 0 saturated carbocycles. The van der Waals surface area contributed by atoms with Crippen molar-refractivity contribution in [2.24, 2.45) is 0 Å². The van der Waals surface area contributed by atoms with Crippen LogP contribution in [0.15, 0.2) is 18.3 Å². The van der Waals surface area contributed by atoms with Gasteiger partial charge in [-0.05, 0) is 20.2 Å². The Hall–Kier alpha value is -1.17. The summed E-state index contributed by atoms with van der Waals surface area (Å²) in [4.78, 5) is 8.43. The van der Waals surface area contributed by atoms with Gasteiger partial charge in [0.15, 0.2) is 0 Å². The number of nitrogens with two attached hydrogens (primary N) is 1. The SMILES string of the molecule is CN1CCN(C)C(C(O)c2cccnc2N)C1. The third kappa shape index (κ3) is 2.57. The second-order valence-electron chi connectivity index (χ2n) is 4.73. The quantitative estimate of drug-likeness (QED) is 0.753. The van der Waals surface area contributed by atoms with Crippen LogP contribution in [0.3, 0.4) is 0 Å². The molecule has 0 aliphatic carbocycles. The normalized spacial score (nSPS) is 24.8. The summed E-state index contributed by atoms with van der Waals surface area (Å²) in [6.45, 7) is 2.83. The minimum Gasteiger partial charge on any atom is -0.387 e. The van der Waals surface area contributed by atoms with Gasteiger partial charge in [-0.3, -0.25) is 4.90 Å². The predicted molar refractivity (Wildman–Crippen MR) is 67.5 cm³/mol. The molecule has 1 aromatic rings. The molecule has 1 fully saturated rings. The highest BCUT2D eigenvalue weighted by Gasteiger charge is 2.30. The first-order valence-corrected chi connectivity index (χ1v) is 5.87. The highest BCUT2D eigenvalue weighted by molar-refractivity contribution is 5.40. The number of hydrogen-bond donors (Lipinski definition) is 2. The summed E-state index contributed by atoms with van der Waals surface area (Å²) >= 11 is 0. The van der Waals surface area contributed by atoms with E-state index in [1.807, 2.05) is 13.1 Å². The molecular formula is C12H20N4O. The third-order valence-corrected chi connectivity index (χ3v) is 3.45. The van der Waals surface area contributed by atoms with Crippen LogP contribution in [0.25, 0.3) is 0 Å². The van der Waals surface area contributed by atoms with Crippen molar-refractivity contribution in [3.05, 3.63) is 23.9 Å². The number of aromatic nitrogens is 1. The van der Waals surface area contributed by atoms with Crippen molar-refractivity contribution in [3.63, 3.8) is 0 Å². The predicted octanol–water partition coefficient (Wildman–Crippen LogP) is -0.0570. The van der Waals surface area contributed by atoms with Crippen LogP contribution in [0.1, 0.15) is 11.7 Å². The van der Waals surface area contributed by atoms with Gasteiger partial charge in [0.25, 0.3) is 0 Å². The van der Waals surface area contributed by atoms with Crippen LogP contribution in [0, 0.1) is 0 Å². The zero-order valence-electron chi connectivity index (χ0n) is 10.4. The standard InChI is InChI=1S/C12H20N4O/c1-15-6-7-16(2)10(8-15)11(17)9-4-3-5-14-12(9)13/h3-5,10-11,17H,6-8H2,1-2H3,(H2,13,14). The minimum absolute atomic E-state index is 0.0697. The molecule has 2 atom stereocenters. The molecule has 0 spiro atoms. The maximum absolute atomic E-state index is 10.4. The molecule has 2 rings (SSSR count). The van der Waals surface area contributed by atoms with Crippen molar-refractivity contribution in [2.75, 3.05) is 39.5 Å². The number of piperazine rings is 1. The molecule has 3 N–H and O–H groups in total.